The second kappa shape index (κ2) is 3.36. The third-order valence-corrected chi connectivity index (χ3v) is 4.66. The van der Waals surface area contributed by atoms with Crippen LogP contribution in [0, 0.1) is 31.6 Å². The first-order valence-corrected chi connectivity index (χ1v) is 6.22. The van der Waals surface area contributed by atoms with E-state index in [4.69, 9.17) is 0 Å². The van der Waals surface area contributed by atoms with Crippen molar-refractivity contribution < 1.29 is 0 Å². The molecule has 2 aliphatic rings. The lowest BCUT2D eigenvalue weighted by Crippen LogP contribution is -2.17. The second-order valence-corrected chi connectivity index (χ2v) is 5.50. The lowest BCUT2D eigenvalue weighted by molar-refractivity contribution is 0.294. The Balaban J connectivity index is 1.73. The van der Waals surface area contributed by atoms with Gasteiger partial charge in [-0.3, -0.25) is 0 Å². The second-order valence-electron chi connectivity index (χ2n) is 5.50. The third kappa shape index (κ3) is 1.51. The Kier molecular flexibility index (Phi) is 2.11. The highest BCUT2D eigenvalue weighted by atomic mass is 15.1. The zero-order valence-electron chi connectivity index (χ0n) is 9.74. The summed E-state index contributed by atoms with van der Waals surface area (Å²) < 4.78 is 2.36. The lowest BCUT2D eigenvalue weighted by atomic mass is 9.89. The highest BCUT2D eigenvalue weighted by Gasteiger charge is 2.39. The molecule has 3 rings (SSSR count). The summed E-state index contributed by atoms with van der Waals surface area (Å²) in [5.41, 5.74) is 2.55. The number of hydrogen-bond donors (Lipinski definition) is 0. The van der Waals surface area contributed by atoms with Crippen molar-refractivity contribution in [2.45, 2.75) is 46.1 Å². The Bertz CT molecular complexity index is 367. The van der Waals surface area contributed by atoms with Crippen LogP contribution in [0.5, 0.6) is 0 Å². The topological polar surface area (TPSA) is 17.8 Å². The smallest absolute Gasteiger partial charge is 0.0951 e. The number of aryl methyl sites for hydroxylation is 1. The number of fused-ring (bicyclic) bond motifs is 2. The first-order chi connectivity index (χ1) is 7.24. The molecule has 2 heteroatoms. The van der Waals surface area contributed by atoms with Crippen LogP contribution in [0.2, 0.25) is 0 Å². The normalized spacial score (nSPS) is 33.9. The predicted octanol–water partition coefficient (Wildman–Crippen LogP) is 2.94. The molecule has 3 unspecified atom stereocenters. The quantitative estimate of drug-likeness (QED) is 0.724. The van der Waals surface area contributed by atoms with E-state index in [1.54, 1.807) is 0 Å². The summed E-state index contributed by atoms with van der Waals surface area (Å²) in [5.74, 6) is 3.03. The van der Waals surface area contributed by atoms with Crippen molar-refractivity contribution in [2.75, 3.05) is 0 Å². The van der Waals surface area contributed by atoms with Gasteiger partial charge >= 0.3 is 0 Å². The van der Waals surface area contributed by atoms with E-state index < -0.39 is 0 Å². The molecule has 2 fully saturated rings. The molecule has 82 valence electrons. The van der Waals surface area contributed by atoms with Crippen LogP contribution in [0.1, 0.15) is 37.1 Å². The summed E-state index contributed by atoms with van der Waals surface area (Å²) in [7, 11) is 0. The van der Waals surface area contributed by atoms with Crippen molar-refractivity contribution in [3.05, 3.63) is 17.7 Å². The molecule has 1 aromatic rings. The van der Waals surface area contributed by atoms with Crippen molar-refractivity contribution in [3.8, 4) is 0 Å². The molecule has 2 bridgehead atoms. The first kappa shape index (κ1) is 9.44. The molecule has 2 nitrogen and oxygen atoms in total. The van der Waals surface area contributed by atoms with Crippen LogP contribution in [0.4, 0.5) is 0 Å². The summed E-state index contributed by atoms with van der Waals surface area (Å²) >= 11 is 0. The zero-order chi connectivity index (χ0) is 10.4. The van der Waals surface area contributed by atoms with E-state index in [1.165, 1.54) is 43.6 Å². The fraction of sp³-hybridized carbons (Fsp3) is 0.769. The molecule has 1 heterocycles. The Labute approximate surface area is 91.7 Å². The molecule has 0 aliphatic heterocycles. The minimum atomic E-state index is 0.941. The Morgan fingerprint density at radius 2 is 2.20 bits per heavy atom. The number of aromatic nitrogens is 2. The average molecular weight is 204 g/mol. The van der Waals surface area contributed by atoms with Crippen molar-refractivity contribution in [1.29, 1.82) is 0 Å². The fourth-order valence-corrected chi connectivity index (χ4v) is 3.58. The van der Waals surface area contributed by atoms with Gasteiger partial charge in [-0.1, -0.05) is 6.42 Å². The molecule has 0 aromatic carbocycles. The molecule has 0 saturated heterocycles. The van der Waals surface area contributed by atoms with Gasteiger partial charge in [-0.05, 0) is 50.9 Å². The van der Waals surface area contributed by atoms with Gasteiger partial charge in [0, 0.05) is 12.2 Å². The van der Waals surface area contributed by atoms with Gasteiger partial charge < -0.3 is 4.57 Å². The van der Waals surface area contributed by atoms with Crippen LogP contribution in [-0.2, 0) is 6.54 Å². The Morgan fingerprint density at radius 1 is 1.33 bits per heavy atom. The van der Waals surface area contributed by atoms with Gasteiger partial charge in [0.25, 0.3) is 0 Å². The van der Waals surface area contributed by atoms with E-state index in [9.17, 15) is 0 Å². The van der Waals surface area contributed by atoms with Gasteiger partial charge in [0.2, 0.25) is 0 Å². The number of hydrogen-bond acceptors (Lipinski definition) is 1. The standard InChI is InChI=1S/C13H20N2/c1-9-10(2)15(8-14-9)7-13-6-11-3-4-12(13)5-11/h8,11-13H,3-7H2,1-2H3. The predicted molar refractivity (Wildman–Crippen MR) is 60.6 cm³/mol. The molecular weight excluding hydrogens is 184 g/mol. The lowest BCUT2D eigenvalue weighted by Gasteiger charge is -2.22. The molecule has 2 aliphatic carbocycles. The van der Waals surface area contributed by atoms with E-state index in [2.05, 4.69) is 23.4 Å². The molecule has 0 amide bonds. The monoisotopic (exact) mass is 204 g/mol. The number of imidazole rings is 1. The van der Waals surface area contributed by atoms with Crippen molar-refractivity contribution in [2.24, 2.45) is 17.8 Å². The molecule has 1 aromatic heterocycles. The zero-order valence-corrected chi connectivity index (χ0v) is 9.74. The third-order valence-electron chi connectivity index (χ3n) is 4.66. The molecular formula is C13H20N2. The molecule has 0 spiro atoms. The van der Waals surface area contributed by atoms with Gasteiger partial charge in [0.15, 0.2) is 0 Å². The number of rotatable bonds is 2. The van der Waals surface area contributed by atoms with Gasteiger partial charge in [-0.2, -0.15) is 0 Å². The van der Waals surface area contributed by atoms with Crippen LogP contribution in [-0.4, -0.2) is 9.55 Å². The van der Waals surface area contributed by atoms with E-state index in [1.807, 2.05) is 6.33 Å². The van der Waals surface area contributed by atoms with Crippen LogP contribution in [0.15, 0.2) is 6.33 Å². The van der Waals surface area contributed by atoms with Gasteiger partial charge in [0.1, 0.15) is 0 Å². The summed E-state index contributed by atoms with van der Waals surface area (Å²) in [4.78, 5) is 4.38. The highest BCUT2D eigenvalue weighted by molar-refractivity contribution is 5.08. The SMILES string of the molecule is Cc1ncn(CC2CC3CCC2C3)c1C. The van der Waals surface area contributed by atoms with E-state index in [0.29, 0.717) is 0 Å². The fourth-order valence-electron chi connectivity index (χ4n) is 3.58. The molecule has 0 N–H and O–H groups in total. The molecule has 2 saturated carbocycles. The van der Waals surface area contributed by atoms with Crippen LogP contribution >= 0.6 is 0 Å². The minimum Gasteiger partial charge on any atom is -0.334 e. The molecule has 0 radical (unpaired) electrons. The highest BCUT2D eigenvalue weighted by Crippen LogP contribution is 2.48. The molecule has 3 atom stereocenters. The van der Waals surface area contributed by atoms with E-state index >= 15 is 0 Å². The van der Waals surface area contributed by atoms with Crippen LogP contribution < -0.4 is 0 Å². The molecule has 15 heavy (non-hydrogen) atoms. The van der Waals surface area contributed by atoms with Crippen LogP contribution in [0.3, 0.4) is 0 Å². The van der Waals surface area contributed by atoms with Gasteiger partial charge in [-0.15, -0.1) is 0 Å². The summed E-state index contributed by atoms with van der Waals surface area (Å²) in [6, 6.07) is 0. The maximum atomic E-state index is 4.38. The Hall–Kier alpha value is -0.790. The largest absolute Gasteiger partial charge is 0.334 e. The number of nitrogens with zero attached hydrogens (tertiary/aromatic N) is 2. The van der Waals surface area contributed by atoms with Crippen molar-refractivity contribution >= 4 is 0 Å². The van der Waals surface area contributed by atoms with Gasteiger partial charge in [-0.25, -0.2) is 4.98 Å². The van der Waals surface area contributed by atoms with Crippen LogP contribution in [0.25, 0.3) is 0 Å². The van der Waals surface area contributed by atoms with E-state index in [0.717, 1.165) is 17.8 Å². The maximum Gasteiger partial charge on any atom is 0.0951 e. The summed E-state index contributed by atoms with van der Waals surface area (Å²) in [6.07, 6.45) is 8.00. The average Bonchev–Trinajstić information content (AvgIpc) is 2.89. The van der Waals surface area contributed by atoms with Crippen molar-refractivity contribution in [3.63, 3.8) is 0 Å². The van der Waals surface area contributed by atoms with Gasteiger partial charge in [0.05, 0.1) is 12.0 Å². The Morgan fingerprint density at radius 3 is 2.73 bits per heavy atom. The maximum absolute atomic E-state index is 4.38. The summed E-state index contributed by atoms with van der Waals surface area (Å²) in [5, 5.41) is 0. The summed E-state index contributed by atoms with van der Waals surface area (Å²) in [6.45, 7) is 5.51. The first-order valence-electron chi connectivity index (χ1n) is 6.22. The van der Waals surface area contributed by atoms with Crippen molar-refractivity contribution in [1.82, 2.24) is 9.55 Å². The minimum absolute atomic E-state index is 0.941. The van der Waals surface area contributed by atoms with E-state index in [-0.39, 0.29) is 0 Å².